The number of para-hydroxylation sites is 1. The quantitative estimate of drug-likeness (QED) is 0.424. The highest BCUT2D eigenvalue weighted by molar-refractivity contribution is 6.00. The zero-order valence-electron chi connectivity index (χ0n) is 15.9. The van der Waals surface area contributed by atoms with E-state index < -0.39 is 0 Å². The van der Waals surface area contributed by atoms with Crippen LogP contribution in [0.5, 0.6) is 0 Å². The van der Waals surface area contributed by atoms with Gasteiger partial charge in [-0.05, 0) is 18.2 Å². The molecule has 0 aliphatic carbocycles. The second-order valence-corrected chi connectivity index (χ2v) is 7.16. The van der Waals surface area contributed by atoms with E-state index in [0.29, 0.717) is 11.3 Å². The van der Waals surface area contributed by atoms with Crippen LogP contribution in [0.2, 0.25) is 0 Å². The van der Waals surface area contributed by atoms with E-state index in [4.69, 9.17) is 10.1 Å². The molecule has 0 saturated heterocycles. The third-order valence-electron chi connectivity index (χ3n) is 5.46. The molecule has 5 heteroatoms. The van der Waals surface area contributed by atoms with E-state index in [1.54, 1.807) is 4.52 Å². The molecule has 30 heavy (non-hydrogen) atoms. The molecule has 6 aromatic rings. The molecule has 0 atom stereocenters. The van der Waals surface area contributed by atoms with Crippen molar-refractivity contribution < 1.29 is 0 Å². The third kappa shape index (κ3) is 2.28. The van der Waals surface area contributed by atoms with Crippen molar-refractivity contribution in [1.29, 1.82) is 5.26 Å². The number of aromatic nitrogens is 4. The van der Waals surface area contributed by atoms with Crippen molar-refractivity contribution >= 4 is 27.5 Å². The van der Waals surface area contributed by atoms with Gasteiger partial charge in [-0.1, -0.05) is 60.7 Å². The highest BCUT2D eigenvalue weighted by atomic mass is 15.3. The Labute approximate surface area is 171 Å². The van der Waals surface area contributed by atoms with Gasteiger partial charge < -0.3 is 4.98 Å². The number of aromatic amines is 1. The normalized spacial score (nSPS) is 11.3. The van der Waals surface area contributed by atoms with E-state index in [1.165, 1.54) is 0 Å². The highest BCUT2D eigenvalue weighted by Crippen LogP contribution is 2.36. The first-order valence-electron chi connectivity index (χ1n) is 9.68. The van der Waals surface area contributed by atoms with E-state index in [0.717, 1.165) is 44.3 Å². The molecule has 1 N–H and O–H groups in total. The topological polar surface area (TPSA) is 69.8 Å². The summed E-state index contributed by atoms with van der Waals surface area (Å²) >= 11 is 0. The Morgan fingerprint density at radius 2 is 1.57 bits per heavy atom. The van der Waals surface area contributed by atoms with Gasteiger partial charge in [-0.2, -0.15) is 10.4 Å². The van der Waals surface area contributed by atoms with Gasteiger partial charge in [0.1, 0.15) is 11.6 Å². The summed E-state index contributed by atoms with van der Waals surface area (Å²) in [5.41, 5.74) is 6.35. The van der Waals surface area contributed by atoms with Crippen LogP contribution in [0, 0.1) is 11.3 Å². The average Bonchev–Trinajstić information content (AvgIpc) is 3.39. The molecule has 3 aromatic carbocycles. The largest absolute Gasteiger partial charge is 0.360 e. The van der Waals surface area contributed by atoms with Gasteiger partial charge in [-0.25, -0.2) is 9.50 Å². The predicted octanol–water partition coefficient (Wildman–Crippen LogP) is 5.57. The standard InChI is InChI=1S/C25H15N5/c26-14-19-23(20-15-27-21-12-6-4-10-17(20)21)28-25-18-11-5-7-13-22(18)29-30(25)24(19)16-8-2-1-3-9-16/h1-13,15,27H. The van der Waals surface area contributed by atoms with Crippen molar-refractivity contribution in [3.05, 3.63) is 90.6 Å². The van der Waals surface area contributed by atoms with Crippen LogP contribution in [-0.4, -0.2) is 19.6 Å². The summed E-state index contributed by atoms with van der Waals surface area (Å²) in [6.45, 7) is 0. The summed E-state index contributed by atoms with van der Waals surface area (Å²) in [5, 5.41) is 17.0. The average molecular weight is 385 g/mol. The summed E-state index contributed by atoms with van der Waals surface area (Å²) in [7, 11) is 0. The van der Waals surface area contributed by atoms with Gasteiger partial charge in [-0.3, -0.25) is 0 Å². The molecule has 0 amide bonds. The Morgan fingerprint density at radius 3 is 2.40 bits per heavy atom. The van der Waals surface area contributed by atoms with E-state index >= 15 is 0 Å². The number of H-pyrrole nitrogens is 1. The number of rotatable bonds is 2. The molecule has 0 saturated carbocycles. The molecule has 0 aliphatic rings. The first-order valence-corrected chi connectivity index (χ1v) is 9.68. The van der Waals surface area contributed by atoms with E-state index in [2.05, 4.69) is 11.1 Å². The Hall–Kier alpha value is -4.43. The zero-order chi connectivity index (χ0) is 20.1. The second kappa shape index (κ2) is 6.29. The minimum atomic E-state index is 0.506. The number of fused-ring (bicyclic) bond motifs is 4. The van der Waals surface area contributed by atoms with Gasteiger partial charge >= 0.3 is 0 Å². The van der Waals surface area contributed by atoms with E-state index in [-0.39, 0.29) is 0 Å². The maximum Gasteiger partial charge on any atom is 0.164 e. The van der Waals surface area contributed by atoms with Crippen molar-refractivity contribution in [1.82, 2.24) is 19.6 Å². The monoisotopic (exact) mass is 385 g/mol. The van der Waals surface area contributed by atoms with Crippen LogP contribution in [0.4, 0.5) is 0 Å². The summed E-state index contributed by atoms with van der Waals surface area (Å²) in [5.74, 6) is 0. The first-order chi connectivity index (χ1) is 14.8. The van der Waals surface area contributed by atoms with Crippen LogP contribution in [-0.2, 0) is 0 Å². The second-order valence-electron chi connectivity index (χ2n) is 7.16. The zero-order valence-corrected chi connectivity index (χ0v) is 15.9. The fraction of sp³-hybridized carbons (Fsp3) is 0. The number of benzene rings is 3. The maximum atomic E-state index is 10.2. The number of nitriles is 1. The Bertz CT molecular complexity index is 1600. The summed E-state index contributed by atoms with van der Waals surface area (Å²) in [4.78, 5) is 8.28. The number of hydrogen-bond acceptors (Lipinski definition) is 3. The minimum absolute atomic E-state index is 0.506. The molecule has 5 nitrogen and oxygen atoms in total. The van der Waals surface area contributed by atoms with Crippen molar-refractivity contribution in [2.45, 2.75) is 0 Å². The van der Waals surface area contributed by atoms with Crippen LogP contribution >= 0.6 is 0 Å². The van der Waals surface area contributed by atoms with E-state index in [9.17, 15) is 5.26 Å². The molecule has 0 bridgehead atoms. The molecule has 6 rings (SSSR count). The Kier molecular flexibility index (Phi) is 3.47. The van der Waals surface area contributed by atoms with Crippen LogP contribution in [0.3, 0.4) is 0 Å². The van der Waals surface area contributed by atoms with Crippen molar-refractivity contribution in [2.24, 2.45) is 0 Å². The van der Waals surface area contributed by atoms with Crippen LogP contribution < -0.4 is 0 Å². The van der Waals surface area contributed by atoms with Crippen molar-refractivity contribution in [2.75, 3.05) is 0 Å². The maximum absolute atomic E-state index is 10.2. The number of hydrogen-bond donors (Lipinski definition) is 1. The first kappa shape index (κ1) is 16.5. The molecular formula is C25H15N5. The lowest BCUT2D eigenvalue weighted by Gasteiger charge is -2.11. The molecule has 0 radical (unpaired) electrons. The van der Waals surface area contributed by atoms with Crippen LogP contribution in [0.15, 0.2) is 85.1 Å². The van der Waals surface area contributed by atoms with Gasteiger partial charge in [0.05, 0.1) is 16.9 Å². The lowest BCUT2D eigenvalue weighted by atomic mass is 10.0. The Morgan fingerprint density at radius 1 is 0.833 bits per heavy atom. The van der Waals surface area contributed by atoms with Gasteiger partial charge in [0, 0.05) is 33.6 Å². The van der Waals surface area contributed by atoms with Crippen LogP contribution in [0.1, 0.15) is 5.56 Å². The van der Waals surface area contributed by atoms with Gasteiger partial charge in [-0.15, -0.1) is 0 Å². The summed E-state index contributed by atoms with van der Waals surface area (Å²) in [6, 6.07) is 28.3. The fourth-order valence-corrected chi connectivity index (χ4v) is 4.09. The number of nitrogens with one attached hydrogen (secondary N) is 1. The van der Waals surface area contributed by atoms with Gasteiger partial charge in [0.15, 0.2) is 5.65 Å². The van der Waals surface area contributed by atoms with Crippen molar-refractivity contribution in [3.63, 3.8) is 0 Å². The van der Waals surface area contributed by atoms with Crippen LogP contribution in [0.25, 0.3) is 50.0 Å². The molecule has 0 unspecified atom stereocenters. The smallest absolute Gasteiger partial charge is 0.164 e. The molecule has 0 fully saturated rings. The molecule has 140 valence electrons. The molecule has 3 heterocycles. The summed E-state index contributed by atoms with van der Waals surface area (Å²) in [6.07, 6.45) is 1.93. The molecule has 0 spiro atoms. The van der Waals surface area contributed by atoms with Gasteiger partial charge in [0.2, 0.25) is 0 Å². The Balaban J connectivity index is 1.82. The van der Waals surface area contributed by atoms with Crippen molar-refractivity contribution in [3.8, 4) is 28.6 Å². The lowest BCUT2D eigenvalue weighted by Crippen LogP contribution is -2.03. The third-order valence-corrected chi connectivity index (χ3v) is 5.46. The lowest BCUT2D eigenvalue weighted by molar-refractivity contribution is 0.963. The van der Waals surface area contributed by atoms with Gasteiger partial charge in [0.25, 0.3) is 0 Å². The summed E-state index contributed by atoms with van der Waals surface area (Å²) < 4.78 is 1.80. The molecule has 0 aliphatic heterocycles. The molecule has 3 aromatic heterocycles. The highest BCUT2D eigenvalue weighted by Gasteiger charge is 2.22. The SMILES string of the molecule is N#Cc1c(-c2c[nH]c3ccccc23)nc2c3ccccc3nn2c1-c1ccccc1. The molecular weight excluding hydrogens is 370 g/mol. The number of nitrogens with zero attached hydrogens (tertiary/aromatic N) is 4. The van der Waals surface area contributed by atoms with E-state index in [1.807, 2.05) is 85.1 Å². The minimum Gasteiger partial charge on any atom is -0.360 e. The fourth-order valence-electron chi connectivity index (χ4n) is 4.09. The predicted molar refractivity (Wildman–Crippen MR) is 118 cm³/mol.